The third-order valence-corrected chi connectivity index (χ3v) is 3.26. The van der Waals surface area contributed by atoms with E-state index in [0.717, 1.165) is 24.3 Å². The summed E-state index contributed by atoms with van der Waals surface area (Å²) in [7, 11) is 1.37. The van der Waals surface area contributed by atoms with E-state index in [-0.39, 0.29) is 5.97 Å². The van der Waals surface area contributed by atoms with E-state index in [2.05, 4.69) is 11.7 Å². The highest BCUT2D eigenvalue weighted by atomic mass is 16.5. The van der Waals surface area contributed by atoms with Crippen LogP contribution in [0.15, 0.2) is 30.3 Å². The van der Waals surface area contributed by atoms with E-state index in [0.29, 0.717) is 0 Å². The van der Waals surface area contributed by atoms with Crippen LogP contribution in [0.1, 0.15) is 51.0 Å². The molecule has 0 saturated heterocycles. The van der Waals surface area contributed by atoms with Crippen LogP contribution in [0.2, 0.25) is 0 Å². The van der Waals surface area contributed by atoms with Crippen LogP contribution >= 0.6 is 0 Å². The summed E-state index contributed by atoms with van der Waals surface area (Å²) in [5, 5.41) is 0. The summed E-state index contributed by atoms with van der Waals surface area (Å²) < 4.78 is 10.2. The minimum absolute atomic E-state index is 0.349. The quantitative estimate of drug-likeness (QED) is 0.358. The van der Waals surface area contributed by atoms with Crippen LogP contribution in [-0.2, 0) is 9.53 Å². The first-order valence-electron chi connectivity index (χ1n) is 7.75. The maximum Gasteiger partial charge on any atom is 0.330 e. The van der Waals surface area contributed by atoms with Crippen LogP contribution in [0.25, 0.3) is 6.08 Å². The van der Waals surface area contributed by atoms with Crippen molar-refractivity contribution in [3.63, 3.8) is 0 Å². The van der Waals surface area contributed by atoms with Gasteiger partial charge in [0.2, 0.25) is 0 Å². The molecule has 0 aromatic heterocycles. The molecule has 0 atom stereocenters. The van der Waals surface area contributed by atoms with Gasteiger partial charge in [-0.15, -0.1) is 0 Å². The van der Waals surface area contributed by atoms with Crippen molar-refractivity contribution in [2.24, 2.45) is 0 Å². The summed E-state index contributed by atoms with van der Waals surface area (Å²) in [4.78, 5) is 11.0. The topological polar surface area (TPSA) is 35.5 Å². The molecule has 3 heteroatoms. The lowest BCUT2D eigenvalue weighted by Crippen LogP contribution is -1.97. The Hall–Kier alpha value is -1.77. The molecule has 0 aliphatic carbocycles. The Bertz CT molecular complexity index is 421. The molecule has 0 aliphatic rings. The summed E-state index contributed by atoms with van der Waals surface area (Å²) in [5.74, 6) is 0.525. The largest absolute Gasteiger partial charge is 0.494 e. The molecule has 0 aliphatic heterocycles. The number of benzene rings is 1. The zero-order chi connectivity index (χ0) is 15.3. The molecule has 0 N–H and O–H groups in total. The first-order valence-corrected chi connectivity index (χ1v) is 7.75. The molecule has 21 heavy (non-hydrogen) atoms. The van der Waals surface area contributed by atoms with Gasteiger partial charge in [-0.05, 0) is 30.2 Å². The highest BCUT2D eigenvalue weighted by molar-refractivity contribution is 5.86. The molecule has 3 nitrogen and oxygen atoms in total. The summed E-state index contributed by atoms with van der Waals surface area (Å²) in [6, 6.07) is 7.70. The lowest BCUT2D eigenvalue weighted by molar-refractivity contribution is -0.134. The molecule has 0 amide bonds. The van der Waals surface area contributed by atoms with Crippen LogP contribution in [-0.4, -0.2) is 19.7 Å². The van der Waals surface area contributed by atoms with Gasteiger partial charge in [-0.1, -0.05) is 51.2 Å². The summed E-state index contributed by atoms with van der Waals surface area (Å²) in [6.07, 6.45) is 10.7. The second kappa shape index (κ2) is 11.0. The Morgan fingerprint density at radius 3 is 2.38 bits per heavy atom. The number of ether oxygens (including phenoxy) is 2. The average Bonchev–Trinajstić information content (AvgIpc) is 2.52. The van der Waals surface area contributed by atoms with E-state index in [1.165, 1.54) is 45.3 Å². The van der Waals surface area contributed by atoms with Crippen molar-refractivity contribution in [3.05, 3.63) is 35.9 Å². The smallest absolute Gasteiger partial charge is 0.330 e. The normalized spacial score (nSPS) is 10.8. The molecule has 0 spiro atoms. The fourth-order valence-electron chi connectivity index (χ4n) is 1.98. The zero-order valence-electron chi connectivity index (χ0n) is 13.1. The molecule has 0 unspecified atom stereocenters. The van der Waals surface area contributed by atoms with Gasteiger partial charge >= 0.3 is 5.97 Å². The van der Waals surface area contributed by atoms with Crippen molar-refractivity contribution < 1.29 is 14.3 Å². The van der Waals surface area contributed by atoms with Gasteiger partial charge < -0.3 is 9.47 Å². The molecule has 1 rings (SSSR count). The molecule has 1 aromatic rings. The highest BCUT2D eigenvalue weighted by Gasteiger charge is 1.96. The van der Waals surface area contributed by atoms with Crippen molar-refractivity contribution in [2.75, 3.05) is 13.7 Å². The van der Waals surface area contributed by atoms with E-state index in [1.54, 1.807) is 6.08 Å². The average molecular weight is 290 g/mol. The van der Waals surface area contributed by atoms with Gasteiger partial charge in [-0.25, -0.2) is 4.79 Å². The first kappa shape index (κ1) is 17.3. The number of rotatable bonds is 10. The second-order valence-electron chi connectivity index (χ2n) is 5.04. The molecular formula is C18H26O3. The van der Waals surface area contributed by atoms with Crippen LogP contribution in [0.5, 0.6) is 5.75 Å². The Morgan fingerprint density at radius 2 is 1.71 bits per heavy atom. The van der Waals surface area contributed by atoms with Gasteiger partial charge in [0.25, 0.3) is 0 Å². The lowest BCUT2D eigenvalue weighted by atomic mass is 10.1. The summed E-state index contributed by atoms with van der Waals surface area (Å²) in [5.41, 5.74) is 0.951. The molecule has 0 fully saturated rings. The van der Waals surface area contributed by atoms with Crippen molar-refractivity contribution in [1.82, 2.24) is 0 Å². The first-order chi connectivity index (χ1) is 10.3. The maximum atomic E-state index is 11.0. The lowest BCUT2D eigenvalue weighted by Gasteiger charge is -2.06. The summed E-state index contributed by atoms with van der Waals surface area (Å²) in [6.45, 7) is 3.00. The van der Waals surface area contributed by atoms with E-state index >= 15 is 0 Å². The number of hydrogen-bond acceptors (Lipinski definition) is 3. The number of esters is 1. The number of unbranched alkanes of at least 4 members (excludes halogenated alkanes) is 5. The van der Waals surface area contributed by atoms with Crippen LogP contribution in [0, 0.1) is 0 Å². The molecule has 1 aromatic carbocycles. The second-order valence-corrected chi connectivity index (χ2v) is 5.04. The molecule has 0 radical (unpaired) electrons. The molecule has 116 valence electrons. The Kier molecular flexibility index (Phi) is 9.01. The third-order valence-electron chi connectivity index (χ3n) is 3.26. The van der Waals surface area contributed by atoms with Crippen LogP contribution in [0.4, 0.5) is 0 Å². The van der Waals surface area contributed by atoms with Crippen molar-refractivity contribution in [3.8, 4) is 5.75 Å². The molecular weight excluding hydrogens is 264 g/mol. The van der Waals surface area contributed by atoms with Crippen LogP contribution < -0.4 is 4.74 Å². The molecule has 0 saturated carbocycles. The van der Waals surface area contributed by atoms with Gasteiger partial charge in [0.15, 0.2) is 0 Å². The standard InChI is InChI=1S/C18H26O3/c1-3-4-5-6-7-8-15-21-17-12-9-16(10-13-17)11-14-18(19)20-2/h9-14H,3-8,15H2,1-2H3/b14-11+. The van der Waals surface area contributed by atoms with Gasteiger partial charge in [0.05, 0.1) is 13.7 Å². The van der Waals surface area contributed by atoms with Gasteiger partial charge in [0.1, 0.15) is 5.75 Å². The van der Waals surface area contributed by atoms with E-state index in [1.807, 2.05) is 24.3 Å². The predicted octanol–water partition coefficient (Wildman–Crippen LogP) is 4.61. The van der Waals surface area contributed by atoms with Gasteiger partial charge in [-0.3, -0.25) is 0 Å². The monoisotopic (exact) mass is 290 g/mol. The zero-order valence-corrected chi connectivity index (χ0v) is 13.1. The SMILES string of the molecule is CCCCCCCCOc1ccc(/C=C/C(=O)OC)cc1. The predicted molar refractivity (Wildman–Crippen MR) is 86.4 cm³/mol. The van der Waals surface area contributed by atoms with Crippen LogP contribution in [0.3, 0.4) is 0 Å². The Morgan fingerprint density at radius 1 is 1.05 bits per heavy atom. The third kappa shape index (κ3) is 8.18. The van der Waals surface area contributed by atoms with E-state index < -0.39 is 0 Å². The fourth-order valence-corrected chi connectivity index (χ4v) is 1.98. The number of methoxy groups -OCH3 is 1. The minimum atomic E-state index is -0.349. The highest BCUT2D eigenvalue weighted by Crippen LogP contribution is 2.14. The minimum Gasteiger partial charge on any atom is -0.494 e. The van der Waals surface area contributed by atoms with Gasteiger partial charge in [0, 0.05) is 6.08 Å². The van der Waals surface area contributed by atoms with Crippen molar-refractivity contribution in [1.29, 1.82) is 0 Å². The summed E-state index contributed by atoms with van der Waals surface area (Å²) >= 11 is 0. The number of carbonyl (C=O) groups is 1. The van der Waals surface area contributed by atoms with Crippen molar-refractivity contribution in [2.45, 2.75) is 45.4 Å². The van der Waals surface area contributed by atoms with E-state index in [4.69, 9.17) is 4.74 Å². The molecule has 0 heterocycles. The number of carbonyl (C=O) groups excluding carboxylic acids is 1. The van der Waals surface area contributed by atoms with Crippen molar-refractivity contribution >= 4 is 12.0 Å². The van der Waals surface area contributed by atoms with Gasteiger partial charge in [-0.2, -0.15) is 0 Å². The fraction of sp³-hybridized carbons (Fsp3) is 0.500. The Labute approximate surface area is 128 Å². The number of hydrogen-bond donors (Lipinski definition) is 0. The Balaban J connectivity index is 2.22. The van der Waals surface area contributed by atoms with E-state index in [9.17, 15) is 4.79 Å². The molecule has 0 bridgehead atoms. The maximum absolute atomic E-state index is 11.0.